The highest BCUT2D eigenvalue weighted by molar-refractivity contribution is 5.97. The number of carbonyl (C=O) groups excluding carboxylic acids is 2. The number of hydrogen-bond acceptors (Lipinski definition) is 5. The fraction of sp³-hybridized carbons (Fsp3) is 0.529. The fourth-order valence-corrected chi connectivity index (χ4v) is 3.75. The van der Waals surface area contributed by atoms with Crippen molar-refractivity contribution in [1.29, 1.82) is 0 Å². The molecule has 0 radical (unpaired) electrons. The summed E-state index contributed by atoms with van der Waals surface area (Å²) in [6.07, 6.45) is 4.53. The Bertz CT molecular complexity index is 694. The average molecular weight is 332 g/mol. The Morgan fingerprint density at radius 3 is 2.67 bits per heavy atom. The topological polar surface area (TPSA) is 98.5 Å². The van der Waals surface area contributed by atoms with Crippen molar-refractivity contribution >= 4 is 23.3 Å². The number of hydrogen-bond donors (Lipinski definition) is 1. The summed E-state index contributed by atoms with van der Waals surface area (Å²) in [4.78, 5) is 34.8. The summed E-state index contributed by atoms with van der Waals surface area (Å²) in [6.45, 7) is 1.70. The van der Waals surface area contributed by atoms with E-state index in [1.54, 1.807) is 6.92 Å². The molecule has 1 heterocycles. The van der Waals surface area contributed by atoms with Gasteiger partial charge in [-0.1, -0.05) is 6.42 Å². The van der Waals surface area contributed by atoms with Crippen LogP contribution in [-0.2, 0) is 14.3 Å². The minimum Gasteiger partial charge on any atom is -0.458 e. The third-order valence-corrected chi connectivity index (χ3v) is 5.02. The molecule has 2 aliphatic rings. The quantitative estimate of drug-likeness (QED) is 0.521. The highest BCUT2D eigenvalue weighted by Crippen LogP contribution is 2.44. The molecule has 2 fully saturated rings. The first-order chi connectivity index (χ1) is 11.4. The molecular weight excluding hydrogens is 312 g/mol. The SMILES string of the molecule is Cc1cc([N+](=O)[O-])ccc1NC(=O)C1CC(=O)OC12CCCCC2. The fourth-order valence-electron chi connectivity index (χ4n) is 3.75. The zero-order chi connectivity index (χ0) is 17.3. The maximum Gasteiger partial charge on any atom is 0.307 e. The number of nitrogens with zero attached hydrogens (tertiary/aromatic N) is 1. The van der Waals surface area contributed by atoms with Gasteiger partial charge in [0, 0.05) is 17.8 Å². The normalized spacial score (nSPS) is 22.2. The molecule has 1 saturated heterocycles. The number of rotatable bonds is 3. The Morgan fingerprint density at radius 1 is 1.33 bits per heavy atom. The molecule has 1 atom stereocenters. The maximum absolute atomic E-state index is 12.7. The lowest BCUT2D eigenvalue weighted by Gasteiger charge is -2.36. The van der Waals surface area contributed by atoms with Gasteiger partial charge in [0.05, 0.1) is 17.3 Å². The van der Waals surface area contributed by atoms with Gasteiger partial charge in [0.1, 0.15) is 5.60 Å². The summed E-state index contributed by atoms with van der Waals surface area (Å²) >= 11 is 0. The predicted octanol–water partition coefficient (Wildman–Crippen LogP) is 3.11. The van der Waals surface area contributed by atoms with Crippen LogP contribution in [0.5, 0.6) is 0 Å². The molecule has 1 aliphatic carbocycles. The van der Waals surface area contributed by atoms with Gasteiger partial charge in [-0.2, -0.15) is 0 Å². The molecule has 1 saturated carbocycles. The van der Waals surface area contributed by atoms with E-state index in [1.807, 2.05) is 0 Å². The van der Waals surface area contributed by atoms with Crippen LogP contribution in [0, 0.1) is 23.0 Å². The van der Waals surface area contributed by atoms with Crippen molar-refractivity contribution in [2.45, 2.75) is 51.0 Å². The Balaban J connectivity index is 1.79. The second kappa shape index (κ2) is 6.22. The van der Waals surface area contributed by atoms with Crippen molar-refractivity contribution in [1.82, 2.24) is 0 Å². The first kappa shape index (κ1) is 16.4. The van der Waals surface area contributed by atoms with Gasteiger partial charge in [-0.25, -0.2) is 0 Å². The number of carbonyl (C=O) groups is 2. The Hall–Kier alpha value is -2.44. The molecule has 1 aromatic rings. The van der Waals surface area contributed by atoms with E-state index in [4.69, 9.17) is 4.74 Å². The third-order valence-electron chi connectivity index (χ3n) is 5.02. The van der Waals surface area contributed by atoms with E-state index in [2.05, 4.69) is 5.32 Å². The molecule has 3 rings (SSSR count). The van der Waals surface area contributed by atoms with Gasteiger partial charge in [0.2, 0.25) is 5.91 Å². The third kappa shape index (κ3) is 2.98. The monoisotopic (exact) mass is 332 g/mol. The molecule has 0 bridgehead atoms. The second-order valence-electron chi connectivity index (χ2n) is 6.60. The number of non-ortho nitro benzene ring substituents is 1. The van der Waals surface area contributed by atoms with Gasteiger partial charge >= 0.3 is 5.97 Å². The number of amides is 1. The smallest absolute Gasteiger partial charge is 0.307 e. The Morgan fingerprint density at radius 2 is 2.04 bits per heavy atom. The highest BCUT2D eigenvalue weighted by atomic mass is 16.6. The summed E-state index contributed by atoms with van der Waals surface area (Å²) in [5.74, 6) is -1.07. The summed E-state index contributed by atoms with van der Waals surface area (Å²) in [5.41, 5.74) is 0.443. The van der Waals surface area contributed by atoms with Crippen LogP contribution >= 0.6 is 0 Å². The molecular formula is C17H20N2O5. The summed E-state index contributed by atoms with van der Waals surface area (Å²) in [5, 5.41) is 13.6. The molecule has 0 aromatic heterocycles. The number of esters is 1. The molecule has 1 amide bonds. The summed E-state index contributed by atoms with van der Waals surface area (Å²) < 4.78 is 5.55. The van der Waals surface area contributed by atoms with E-state index in [0.29, 0.717) is 11.3 Å². The van der Waals surface area contributed by atoms with E-state index in [9.17, 15) is 19.7 Å². The van der Waals surface area contributed by atoms with Crippen molar-refractivity contribution in [3.8, 4) is 0 Å². The largest absolute Gasteiger partial charge is 0.458 e. The number of benzene rings is 1. The maximum atomic E-state index is 12.7. The van der Waals surface area contributed by atoms with Gasteiger partial charge in [0.15, 0.2) is 0 Å². The molecule has 128 valence electrons. The average Bonchev–Trinajstić information content (AvgIpc) is 2.85. The van der Waals surface area contributed by atoms with Gasteiger partial charge in [-0.15, -0.1) is 0 Å². The molecule has 1 spiro atoms. The second-order valence-corrected chi connectivity index (χ2v) is 6.60. The van der Waals surface area contributed by atoms with Crippen LogP contribution in [0.3, 0.4) is 0 Å². The van der Waals surface area contributed by atoms with Crippen LogP contribution in [0.15, 0.2) is 18.2 Å². The molecule has 1 unspecified atom stereocenters. The van der Waals surface area contributed by atoms with Crippen molar-refractivity contribution in [2.75, 3.05) is 5.32 Å². The van der Waals surface area contributed by atoms with Crippen molar-refractivity contribution in [2.24, 2.45) is 5.92 Å². The van der Waals surface area contributed by atoms with E-state index >= 15 is 0 Å². The van der Waals surface area contributed by atoms with Crippen LogP contribution in [0.25, 0.3) is 0 Å². The van der Waals surface area contributed by atoms with Gasteiger partial charge in [-0.05, 0) is 44.2 Å². The van der Waals surface area contributed by atoms with E-state index in [-0.39, 0.29) is 24.0 Å². The number of nitro benzene ring substituents is 1. The molecule has 7 heteroatoms. The first-order valence-electron chi connectivity index (χ1n) is 8.19. The Labute approximate surface area is 139 Å². The molecule has 1 aromatic carbocycles. The van der Waals surface area contributed by atoms with Gasteiger partial charge in [-0.3, -0.25) is 19.7 Å². The lowest BCUT2D eigenvalue weighted by atomic mass is 9.75. The molecule has 1 N–H and O–H groups in total. The van der Waals surface area contributed by atoms with E-state index in [1.165, 1.54) is 18.2 Å². The number of anilines is 1. The summed E-state index contributed by atoms with van der Waals surface area (Å²) in [6, 6.07) is 4.30. The molecule has 7 nitrogen and oxygen atoms in total. The summed E-state index contributed by atoms with van der Waals surface area (Å²) in [7, 11) is 0. The first-order valence-corrected chi connectivity index (χ1v) is 8.19. The minimum atomic E-state index is -0.673. The highest BCUT2D eigenvalue weighted by Gasteiger charge is 2.52. The van der Waals surface area contributed by atoms with E-state index in [0.717, 1.165) is 32.1 Å². The van der Waals surface area contributed by atoms with E-state index < -0.39 is 16.4 Å². The van der Waals surface area contributed by atoms with Crippen LogP contribution in [0.1, 0.15) is 44.1 Å². The number of nitro groups is 1. The lowest BCUT2D eigenvalue weighted by Crippen LogP contribution is -2.43. The van der Waals surface area contributed by atoms with Gasteiger partial charge < -0.3 is 10.1 Å². The van der Waals surface area contributed by atoms with Crippen LogP contribution in [0.4, 0.5) is 11.4 Å². The standard InChI is InChI=1S/C17H20N2O5/c1-11-9-12(19(22)23)5-6-14(11)18-16(21)13-10-15(20)24-17(13)7-3-2-4-8-17/h5-6,9,13H,2-4,7-8,10H2,1H3,(H,18,21). The van der Waals surface area contributed by atoms with Crippen LogP contribution in [-0.4, -0.2) is 22.4 Å². The number of ether oxygens (including phenoxy) is 1. The van der Waals surface area contributed by atoms with Crippen LogP contribution in [0.2, 0.25) is 0 Å². The Kier molecular flexibility index (Phi) is 4.26. The van der Waals surface area contributed by atoms with Gasteiger partial charge in [0.25, 0.3) is 5.69 Å². The van der Waals surface area contributed by atoms with Crippen molar-refractivity contribution < 1.29 is 19.2 Å². The lowest BCUT2D eigenvalue weighted by molar-refractivity contribution is -0.384. The predicted molar refractivity (Wildman–Crippen MR) is 86.5 cm³/mol. The molecule has 1 aliphatic heterocycles. The van der Waals surface area contributed by atoms with Crippen molar-refractivity contribution in [3.05, 3.63) is 33.9 Å². The zero-order valence-electron chi connectivity index (χ0n) is 13.5. The zero-order valence-corrected chi connectivity index (χ0v) is 13.5. The number of nitrogens with one attached hydrogen (secondary N) is 1. The van der Waals surface area contributed by atoms with Crippen molar-refractivity contribution in [3.63, 3.8) is 0 Å². The molecule has 24 heavy (non-hydrogen) atoms. The number of aryl methyl sites for hydroxylation is 1. The minimum absolute atomic E-state index is 0.0198. The van der Waals surface area contributed by atoms with Crippen LogP contribution < -0.4 is 5.32 Å².